The predicted octanol–water partition coefficient (Wildman–Crippen LogP) is 3.08. The number of para-hydroxylation sites is 1. The van der Waals surface area contributed by atoms with Gasteiger partial charge in [0.25, 0.3) is 0 Å². The van der Waals surface area contributed by atoms with Gasteiger partial charge in [0.05, 0.1) is 5.69 Å². The number of hydrogen-bond acceptors (Lipinski definition) is 3. The summed E-state index contributed by atoms with van der Waals surface area (Å²) in [6.07, 6.45) is 1.78. The molecule has 92 valence electrons. The Kier molecular flexibility index (Phi) is 3.69. The normalized spacial score (nSPS) is 13.2. The first kappa shape index (κ1) is 12.0. The number of benzene rings is 1. The lowest BCUT2D eigenvalue weighted by Crippen LogP contribution is -2.27. The molecular formula is C14H20N2O. The molecule has 3 nitrogen and oxygen atoms in total. The topological polar surface area (TPSA) is 51.2 Å². The van der Waals surface area contributed by atoms with Gasteiger partial charge in [-0.15, -0.1) is 0 Å². The summed E-state index contributed by atoms with van der Waals surface area (Å²) < 4.78 is 5.48. The number of rotatable bonds is 5. The van der Waals surface area contributed by atoms with E-state index in [0.717, 1.165) is 23.2 Å². The molecule has 1 heterocycles. The van der Waals surface area contributed by atoms with Crippen LogP contribution in [0.15, 0.2) is 34.9 Å². The molecule has 0 bridgehead atoms. The Hall–Kier alpha value is -1.48. The molecule has 2 rings (SSSR count). The summed E-state index contributed by atoms with van der Waals surface area (Å²) in [5, 5.41) is 4.56. The van der Waals surface area contributed by atoms with Gasteiger partial charge in [0.15, 0.2) is 0 Å². The van der Waals surface area contributed by atoms with Gasteiger partial charge in [-0.25, -0.2) is 0 Å². The minimum Gasteiger partial charge on any atom is -0.462 e. The molecule has 0 spiro atoms. The van der Waals surface area contributed by atoms with Gasteiger partial charge in [-0.1, -0.05) is 26.0 Å². The van der Waals surface area contributed by atoms with Crippen LogP contribution in [0, 0.1) is 11.8 Å². The lowest BCUT2D eigenvalue weighted by atomic mass is 9.96. The van der Waals surface area contributed by atoms with E-state index in [4.69, 9.17) is 10.2 Å². The van der Waals surface area contributed by atoms with Crippen molar-refractivity contribution in [3.05, 3.63) is 30.5 Å². The summed E-state index contributed by atoms with van der Waals surface area (Å²) in [4.78, 5) is 0. The maximum atomic E-state index is 5.76. The summed E-state index contributed by atoms with van der Waals surface area (Å²) in [6, 6.07) is 8.04. The van der Waals surface area contributed by atoms with Crippen molar-refractivity contribution in [3.63, 3.8) is 0 Å². The van der Waals surface area contributed by atoms with Crippen molar-refractivity contribution < 1.29 is 4.42 Å². The van der Waals surface area contributed by atoms with Crippen LogP contribution in [0.4, 0.5) is 5.69 Å². The summed E-state index contributed by atoms with van der Waals surface area (Å²) >= 11 is 0. The Bertz CT molecular complexity index is 476. The van der Waals surface area contributed by atoms with Crippen LogP contribution in [-0.4, -0.2) is 13.1 Å². The zero-order valence-corrected chi connectivity index (χ0v) is 10.4. The highest BCUT2D eigenvalue weighted by Crippen LogP contribution is 2.25. The molecule has 0 aliphatic heterocycles. The molecule has 0 saturated carbocycles. The second kappa shape index (κ2) is 5.23. The lowest BCUT2D eigenvalue weighted by molar-refractivity contribution is 0.413. The van der Waals surface area contributed by atoms with Gasteiger partial charge in [-0.05, 0) is 30.5 Å². The van der Waals surface area contributed by atoms with Gasteiger partial charge in [0.2, 0.25) is 0 Å². The van der Waals surface area contributed by atoms with Crippen molar-refractivity contribution in [1.82, 2.24) is 0 Å². The highest BCUT2D eigenvalue weighted by atomic mass is 16.3. The predicted molar refractivity (Wildman–Crippen MR) is 72.1 cm³/mol. The van der Waals surface area contributed by atoms with Crippen molar-refractivity contribution in [1.29, 1.82) is 0 Å². The molecule has 1 atom stereocenters. The standard InChI is InChI=1S/C14H20N2O/c1-10(2)11(7-15)8-16-13-9-17-14-6-4-3-5-12(13)14/h3-6,9-11,16H,7-8,15H2,1-2H3. The molecule has 3 N–H and O–H groups in total. The fourth-order valence-corrected chi connectivity index (χ4v) is 1.95. The summed E-state index contributed by atoms with van der Waals surface area (Å²) in [7, 11) is 0. The van der Waals surface area contributed by atoms with Crippen LogP contribution in [0.5, 0.6) is 0 Å². The van der Waals surface area contributed by atoms with Crippen molar-refractivity contribution in [3.8, 4) is 0 Å². The molecule has 1 aromatic carbocycles. The zero-order valence-electron chi connectivity index (χ0n) is 10.4. The Morgan fingerprint density at radius 3 is 2.76 bits per heavy atom. The molecule has 3 heteroatoms. The maximum Gasteiger partial charge on any atom is 0.136 e. The SMILES string of the molecule is CC(C)C(CN)CNc1coc2ccccc12. The zero-order chi connectivity index (χ0) is 12.3. The number of fused-ring (bicyclic) bond motifs is 1. The van der Waals surface area contributed by atoms with Gasteiger partial charge < -0.3 is 15.5 Å². The molecule has 1 unspecified atom stereocenters. The fourth-order valence-electron chi connectivity index (χ4n) is 1.95. The molecule has 0 amide bonds. The Labute approximate surface area is 102 Å². The quantitative estimate of drug-likeness (QED) is 0.833. The molecule has 0 aliphatic rings. The van der Waals surface area contributed by atoms with E-state index in [-0.39, 0.29) is 0 Å². The van der Waals surface area contributed by atoms with Crippen LogP contribution in [0.2, 0.25) is 0 Å². The van der Waals surface area contributed by atoms with Crippen LogP contribution < -0.4 is 11.1 Å². The van der Waals surface area contributed by atoms with Crippen molar-refractivity contribution in [2.24, 2.45) is 17.6 Å². The van der Waals surface area contributed by atoms with Crippen LogP contribution in [0.3, 0.4) is 0 Å². The van der Waals surface area contributed by atoms with Crippen molar-refractivity contribution in [2.45, 2.75) is 13.8 Å². The van der Waals surface area contributed by atoms with Crippen molar-refractivity contribution >= 4 is 16.7 Å². The molecule has 0 saturated heterocycles. The third-order valence-corrected chi connectivity index (χ3v) is 3.28. The monoisotopic (exact) mass is 232 g/mol. The second-order valence-electron chi connectivity index (χ2n) is 4.77. The van der Waals surface area contributed by atoms with E-state index in [9.17, 15) is 0 Å². The Morgan fingerprint density at radius 1 is 1.29 bits per heavy atom. The van der Waals surface area contributed by atoms with E-state index in [0.29, 0.717) is 18.4 Å². The fraction of sp³-hybridized carbons (Fsp3) is 0.429. The number of nitrogens with two attached hydrogens (primary N) is 1. The van der Waals surface area contributed by atoms with E-state index >= 15 is 0 Å². The molecule has 2 aromatic rings. The minimum atomic E-state index is 0.490. The largest absolute Gasteiger partial charge is 0.462 e. The highest BCUT2D eigenvalue weighted by molar-refractivity contribution is 5.90. The first-order valence-electron chi connectivity index (χ1n) is 6.12. The smallest absolute Gasteiger partial charge is 0.136 e. The molecule has 17 heavy (non-hydrogen) atoms. The Balaban J connectivity index is 2.08. The number of anilines is 1. The van der Waals surface area contributed by atoms with E-state index in [1.54, 1.807) is 6.26 Å². The van der Waals surface area contributed by atoms with Crippen LogP contribution >= 0.6 is 0 Å². The maximum absolute atomic E-state index is 5.76. The van der Waals surface area contributed by atoms with Gasteiger partial charge in [0.1, 0.15) is 11.8 Å². The summed E-state index contributed by atoms with van der Waals surface area (Å²) in [5.41, 5.74) is 7.74. The van der Waals surface area contributed by atoms with Gasteiger partial charge in [-0.3, -0.25) is 0 Å². The van der Waals surface area contributed by atoms with Crippen LogP contribution in [-0.2, 0) is 0 Å². The van der Waals surface area contributed by atoms with Gasteiger partial charge >= 0.3 is 0 Å². The Morgan fingerprint density at radius 2 is 2.06 bits per heavy atom. The van der Waals surface area contributed by atoms with E-state index in [2.05, 4.69) is 25.2 Å². The highest BCUT2D eigenvalue weighted by Gasteiger charge is 2.12. The molecule has 0 radical (unpaired) electrons. The molecule has 0 aliphatic carbocycles. The van der Waals surface area contributed by atoms with Crippen LogP contribution in [0.25, 0.3) is 11.0 Å². The van der Waals surface area contributed by atoms with E-state index < -0.39 is 0 Å². The summed E-state index contributed by atoms with van der Waals surface area (Å²) in [5.74, 6) is 1.08. The van der Waals surface area contributed by atoms with Gasteiger partial charge in [0, 0.05) is 11.9 Å². The van der Waals surface area contributed by atoms with E-state index in [1.165, 1.54) is 0 Å². The first-order chi connectivity index (χ1) is 8.22. The second-order valence-corrected chi connectivity index (χ2v) is 4.77. The number of hydrogen-bond donors (Lipinski definition) is 2. The molecular weight excluding hydrogens is 212 g/mol. The molecule has 1 aromatic heterocycles. The summed E-state index contributed by atoms with van der Waals surface area (Å²) in [6.45, 7) is 6.00. The average molecular weight is 232 g/mol. The van der Waals surface area contributed by atoms with E-state index in [1.807, 2.05) is 18.2 Å². The third kappa shape index (κ3) is 2.61. The number of furan rings is 1. The molecule has 0 fully saturated rings. The lowest BCUT2D eigenvalue weighted by Gasteiger charge is -2.19. The third-order valence-electron chi connectivity index (χ3n) is 3.28. The average Bonchev–Trinajstić information content (AvgIpc) is 2.73. The number of nitrogens with one attached hydrogen (secondary N) is 1. The minimum absolute atomic E-state index is 0.490. The first-order valence-corrected chi connectivity index (χ1v) is 6.12. The van der Waals surface area contributed by atoms with Crippen molar-refractivity contribution in [2.75, 3.05) is 18.4 Å². The van der Waals surface area contributed by atoms with Gasteiger partial charge in [-0.2, -0.15) is 0 Å². The van der Waals surface area contributed by atoms with Crippen LogP contribution in [0.1, 0.15) is 13.8 Å².